The summed E-state index contributed by atoms with van der Waals surface area (Å²) in [4.78, 5) is 199. The summed E-state index contributed by atoms with van der Waals surface area (Å²) in [6, 6.07) is -5.30. The number of phenolic OH excluding ortho intramolecular Hbond substituents is 2. The molecule has 15 atom stereocenters. The molecule has 0 radical (unpaired) electrons. The third-order valence-corrected chi connectivity index (χ3v) is 19.2. The standard InChI is InChI=1S/C74H122N18O17S/c1-12-41(8)59(91-69(104)54(35-40(6)7)87-67(102)53(34-39(4)5)86-65(100)51(28-29-57(77)95)82-62(97)48(76)36-44-20-24-46(93)25-21-44)71(106)85-50(19-17-32-81-74(79)80)63(98)84-52(30-33-110-11)66(101)90-60(42(9)13-2)72(107)89-55(37-45-22-26-47(94)27-23-45)68(103)83-49(18-15-16-31-75)64(99)88-56(38-58(78)96)70(105)92-61(73(108)109)43(10)14-3/h20-27,39-43,48-56,59-61,93-94H,12-19,28-38,75-76H2,1-11H3,(H2,77,95)(H2,78,96)(H,82,97)(H,83,103)(H,84,98)(H,85,106)(H,86,100)(H,87,102)(H,88,99)(H,89,107)(H,90,101)(H,91,104)(H,92,105)(H,108,109)(H4,79,80,81)/t41-,42-,43-,48-,49-,50-,51-,52-,53-,54-,55-,56-,59-,60-,61-/m0/s1. The first-order valence-electron chi connectivity index (χ1n) is 37.5. The van der Waals surface area contributed by atoms with Crippen LogP contribution < -0.4 is 92.9 Å². The Hall–Kier alpha value is -9.84. The van der Waals surface area contributed by atoms with Crippen LogP contribution in [0.1, 0.15) is 170 Å². The molecule has 26 N–H and O–H groups in total. The molecule has 0 aromatic heterocycles. The van der Waals surface area contributed by atoms with E-state index in [1.807, 2.05) is 0 Å². The highest BCUT2D eigenvalue weighted by molar-refractivity contribution is 7.98. The second kappa shape index (κ2) is 50.1. The molecule has 0 saturated heterocycles. The summed E-state index contributed by atoms with van der Waals surface area (Å²) in [6.45, 7) is 17.4. The second-order valence-corrected chi connectivity index (χ2v) is 29.7. The molecule has 0 fully saturated rings. The number of carbonyl (C=O) groups excluding carboxylic acids is 13. The summed E-state index contributed by atoms with van der Waals surface area (Å²) in [5.74, 6) is -15.2. The number of carboxylic acid groups (broad SMARTS) is 1. The van der Waals surface area contributed by atoms with E-state index >= 15 is 0 Å². The summed E-state index contributed by atoms with van der Waals surface area (Å²) < 4.78 is 0. The normalized spacial score (nSPS) is 15.3. The Kier molecular flexibility index (Phi) is 43.8. The summed E-state index contributed by atoms with van der Waals surface area (Å²) >= 11 is 1.33. The smallest absolute Gasteiger partial charge is 0.326 e. The fraction of sp³-hybridized carbons (Fsp3) is 0.635. The molecular formula is C74H122N18O17S. The van der Waals surface area contributed by atoms with Gasteiger partial charge in [0, 0.05) is 19.4 Å². The molecule has 36 heteroatoms. The lowest BCUT2D eigenvalue weighted by molar-refractivity contribution is -0.144. The highest BCUT2D eigenvalue weighted by Crippen LogP contribution is 2.19. The molecule has 0 saturated carbocycles. The number of thioether (sulfide) groups is 1. The summed E-state index contributed by atoms with van der Waals surface area (Å²) in [6.07, 6.45) is 1.60. The van der Waals surface area contributed by atoms with E-state index in [4.69, 9.17) is 34.4 Å². The zero-order valence-electron chi connectivity index (χ0n) is 65.2. The molecule has 2 aromatic rings. The van der Waals surface area contributed by atoms with E-state index in [2.05, 4.69) is 63.5 Å². The number of benzene rings is 2. The largest absolute Gasteiger partial charge is 0.508 e. The Morgan fingerprint density at radius 2 is 0.773 bits per heavy atom. The predicted octanol–water partition coefficient (Wildman–Crippen LogP) is -1.07. The number of primary amides is 2. The number of aliphatic carboxylic acids is 1. The minimum atomic E-state index is -1.69. The van der Waals surface area contributed by atoms with Crippen LogP contribution in [0.15, 0.2) is 53.5 Å². The van der Waals surface area contributed by atoms with Gasteiger partial charge in [0.15, 0.2) is 5.96 Å². The number of nitrogens with zero attached hydrogens (tertiary/aromatic N) is 1. The summed E-state index contributed by atoms with van der Waals surface area (Å²) in [5.41, 5.74) is 35.2. The number of nitrogens with one attached hydrogen (secondary N) is 11. The number of hydrogen-bond donors (Lipinski definition) is 20. The first-order chi connectivity index (χ1) is 51.8. The molecular weight excluding hydrogens is 1440 g/mol. The maximum atomic E-state index is 14.9. The number of guanidine groups is 1. The number of unbranched alkanes of at least 4 members (excludes halogenated alkanes) is 1. The Balaban J connectivity index is 2.61. The van der Waals surface area contributed by atoms with Crippen LogP contribution in [0.2, 0.25) is 0 Å². The number of amides is 13. The van der Waals surface area contributed by atoms with Gasteiger partial charge in [0.25, 0.3) is 0 Å². The molecule has 110 heavy (non-hydrogen) atoms. The van der Waals surface area contributed by atoms with Gasteiger partial charge >= 0.3 is 5.97 Å². The van der Waals surface area contributed by atoms with E-state index in [1.54, 1.807) is 87.6 Å². The van der Waals surface area contributed by atoms with Crippen LogP contribution in [0, 0.1) is 29.6 Å². The first-order valence-corrected chi connectivity index (χ1v) is 38.9. The van der Waals surface area contributed by atoms with Gasteiger partial charge in [-0.1, -0.05) is 113 Å². The lowest BCUT2D eigenvalue weighted by Gasteiger charge is -2.31. The number of carbonyl (C=O) groups is 14. The van der Waals surface area contributed by atoms with Crippen molar-refractivity contribution in [1.82, 2.24) is 58.5 Å². The van der Waals surface area contributed by atoms with Crippen molar-refractivity contribution in [2.24, 2.45) is 69.0 Å². The number of aromatic hydroxyl groups is 2. The van der Waals surface area contributed by atoms with Crippen molar-refractivity contribution in [3.63, 3.8) is 0 Å². The van der Waals surface area contributed by atoms with E-state index in [9.17, 15) is 82.4 Å². The van der Waals surface area contributed by atoms with Gasteiger partial charge in [0.2, 0.25) is 76.8 Å². The Labute approximate surface area is 648 Å². The van der Waals surface area contributed by atoms with Crippen LogP contribution in [0.5, 0.6) is 11.5 Å². The van der Waals surface area contributed by atoms with Crippen molar-refractivity contribution < 1.29 is 82.4 Å². The Morgan fingerprint density at radius 3 is 1.20 bits per heavy atom. The summed E-state index contributed by atoms with van der Waals surface area (Å²) in [7, 11) is 0. The van der Waals surface area contributed by atoms with Crippen LogP contribution in [0.25, 0.3) is 0 Å². The molecule has 35 nitrogen and oxygen atoms in total. The third-order valence-electron chi connectivity index (χ3n) is 18.5. The molecule has 0 aliphatic heterocycles. The fourth-order valence-corrected chi connectivity index (χ4v) is 11.9. The molecule has 0 unspecified atom stereocenters. The van der Waals surface area contributed by atoms with Crippen molar-refractivity contribution in [1.29, 1.82) is 0 Å². The fourth-order valence-electron chi connectivity index (χ4n) is 11.5. The van der Waals surface area contributed by atoms with Crippen LogP contribution in [0.4, 0.5) is 0 Å². The predicted molar refractivity (Wildman–Crippen MR) is 416 cm³/mol. The number of nitrogens with two attached hydrogens (primary N) is 6. The van der Waals surface area contributed by atoms with Crippen molar-refractivity contribution in [3.05, 3.63) is 59.7 Å². The van der Waals surface area contributed by atoms with Crippen LogP contribution >= 0.6 is 11.8 Å². The van der Waals surface area contributed by atoms with Crippen LogP contribution in [0.3, 0.4) is 0 Å². The molecule has 13 amide bonds. The highest BCUT2D eigenvalue weighted by atomic mass is 32.2. The second-order valence-electron chi connectivity index (χ2n) is 28.7. The number of carboxylic acids is 1. The number of phenols is 2. The summed E-state index contributed by atoms with van der Waals surface area (Å²) in [5, 5.41) is 59.0. The van der Waals surface area contributed by atoms with Gasteiger partial charge in [0.1, 0.15) is 78.0 Å². The molecule has 616 valence electrons. The quantitative estimate of drug-likeness (QED) is 0.0213. The monoisotopic (exact) mass is 1570 g/mol. The first kappa shape index (κ1) is 96.2. The average Bonchev–Trinajstić information content (AvgIpc) is 0.845. The molecule has 0 aliphatic rings. The van der Waals surface area contributed by atoms with E-state index in [-0.39, 0.29) is 125 Å². The SMILES string of the molecule is CC[C@H](C)[C@H](NC(=O)[C@H](CC(N)=O)NC(=O)[C@H](CCCCN)NC(=O)[C@H](Cc1ccc(O)cc1)NC(=O)[C@@H](NC(=O)[C@H](CCSC)NC(=O)[C@H](CCCN=C(N)N)NC(=O)[C@@H](NC(=O)[C@H](CC(C)C)NC(=O)[C@H](CC(C)C)NC(=O)[C@H](CCC(N)=O)NC(=O)[C@@H](N)Cc1ccc(O)cc1)[C@@H](C)CC)[C@@H](C)CC)C(=O)O. The lowest BCUT2D eigenvalue weighted by atomic mass is 9.95. The average molecular weight is 1570 g/mol. The highest BCUT2D eigenvalue weighted by Gasteiger charge is 2.39. The molecule has 0 spiro atoms. The number of hydrogen-bond acceptors (Lipinski definition) is 20. The van der Waals surface area contributed by atoms with Gasteiger partial charge < -0.3 is 108 Å². The number of rotatable bonds is 53. The molecule has 2 rings (SSSR count). The van der Waals surface area contributed by atoms with Crippen LogP contribution in [-0.2, 0) is 80.0 Å². The zero-order chi connectivity index (χ0) is 83.1. The van der Waals surface area contributed by atoms with Gasteiger partial charge in [-0.15, -0.1) is 0 Å². The van der Waals surface area contributed by atoms with E-state index in [0.717, 1.165) is 0 Å². The third kappa shape index (κ3) is 35.7. The Morgan fingerprint density at radius 1 is 0.418 bits per heavy atom. The van der Waals surface area contributed by atoms with Crippen molar-refractivity contribution >= 4 is 100 Å². The van der Waals surface area contributed by atoms with Gasteiger partial charge in [-0.25, -0.2) is 4.79 Å². The zero-order valence-corrected chi connectivity index (χ0v) is 66.1. The number of aliphatic imine (C=N–C) groups is 1. The maximum absolute atomic E-state index is 14.9. The van der Waals surface area contributed by atoms with Gasteiger partial charge in [-0.3, -0.25) is 67.3 Å². The van der Waals surface area contributed by atoms with Crippen molar-refractivity contribution in [2.45, 2.75) is 244 Å². The van der Waals surface area contributed by atoms with Gasteiger partial charge in [0.05, 0.1) is 12.5 Å². The molecule has 0 aliphatic carbocycles. The van der Waals surface area contributed by atoms with Crippen molar-refractivity contribution in [3.8, 4) is 11.5 Å². The molecule has 0 heterocycles. The lowest BCUT2D eigenvalue weighted by Crippen LogP contribution is -2.62. The maximum Gasteiger partial charge on any atom is 0.326 e. The topological polar surface area (TPSA) is 600 Å². The molecule has 0 bridgehead atoms. The van der Waals surface area contributed by atoms with Gasteiger partial charge in [-0.05, 0) is 148 Å². The minimum Gasteiger partial charge on any atom is -0.508 e. The Bertz CT molecular complexity index is 3380. The van der Waals surface area contributed by atoms with Gasteiger partial charge in [-0.2, -0.15) is 11.8 Å². The minimum absolute atomic E-state index is 0.00335. The van der Waals surface area contributed by atoms with E-state index in [1.165, 1.54) is 48.2 Å². The van der Waals surface area contributed by atoms with E-state index < -0.39 is 179 Å². The van der Waals surface area contributed by atoms with Crippen LogP contribution in [-0.4, -0.2) is 202 Å². The van der Waals surface area contributed by atoms with Crippen molar-refractivity contribution in [2.75, 3.05) is 25.1 Å². The van der Waals surface area contributed by atoms with E-state index in [0.29, 0.717) is 30.4 Å². The molecule has 2 aromatic carbocycles.